The molecule has 2 aromatic rings. The van der Waals surface area contributed by atoms with Crippen molar-refractivity contribution < 1.29 is 52.8 Å². The minimum Gasteiger partial charge on any atom is -0.394 e. The molecule has 3 heterocycles. The predicted molar refractivity (Wildman–Crippen MR) is 61.9 cm³/mol. The van der Waals surface area contributed by atoms with Crippen LogP contribution in [0.15, 0.2) is 6.33 Å². The summed E-state index contributed by atoms with van der Waals surface area (Å²) in [6.45, 7) is 1.34. The van der Waals surface area contributed by atoms with Gasteiger partial charge in [-0.2, -0.15) is 0 Å². The van der Waals surface area contributed by atoms with Crippen LogP contribution in [0.5, 0.6) is 0 Å². The van der Waals surface area contributed by atoms with Gasteiger partial charge in [0.15, 0.2) is 6.23 Å². The topological polar surface area (TPSA) is 114 Å². The van der Waals surface area contributed by atoms with E-state index in [9.17, 15) is 10.2 Å². The van der Waals surface area contributed by atoms with Gasteiger partial charge in [-0.25, -0.2) is 0 Å². The average Bonchev–Trinajstić information content (AvgIpc) is 2.92. The van der Waals surface area contributed by atoms with Crippen LogP contribution >= 0.6 is 0 Å². The fraction of sp³-hybridized carbons (Fsp3) is 0.545. The van der Waals surface area contributed by atoms with Crippen LogP contribution in [0.4, 0.5) is 0 Å². The molecule has 0 bridgehead atoms. The van der Waals surface area contributed by atoms with Gasteiger partial charge < -0.3 is 34.6 Å². The second-order valence-electron chi connectivity index (χ2n) is 4.44. The fourth-order valence-corrected chi connectivity index (χ4v) is 2.15. The molecule has 1 aliphatic rings. The van der Waals surface area contributed by atoms with Gasteiger partial charge in [-0.15, -0.1) is 0 Å². The Bertz CT molecular complexity index is 607. The van der Waals surface area contributed by atoms with Crippen LogP contribution in [0.2, 0.25) is 0 Å². The molecule has 20 heavy (non-hydrogen) atoms. The Balaban J connectivity index is 0.00000147. The van der Waals surface area contributed by atoms with E-state index < -0.39 is 24.5 Å². The van der Waals surface area contributed by atoms with Crippen LogP contribution in [0, 0.1) is 13.1 Å². The van der Waals surface area contributed by atoms with Crippen LogP contribution < -0.4 is 0 Å². The summed E-state index contributed by atoms with van der Waals surface area (Å²) in [6.07, 6.45) is 0.169. The van der Waals surface area contributed by atoms with Crippen LogP contribution in [0.25, 0.3) is 11.2 Å². The summed E-state index contributed by atoms with van der Waals surface area (Å²) in [4.78, 5) is 12.2. The van der Waals surface area contributed by atoms with E-state index in [0.29, 0.717) is 17.0 Å². The van der Waals surface area contributed by atoms with Crippen LogP contribution in [0.3, 0.4) is 0 Å². The Morgan fingerprint density at radius 1 is 1.40 bits per heavy atom. The van der Waals surface area contributed by atoms with E-state index in [1.54, 1.807) is 6.92 Å². The maximum absolute atomic E-state index is 9.97. The third kappa shape index (κ3) is 2.52. The van der Waals surface area contributed by atoms with Crippen molar-refractivity contribution in [1.29, 1.82) is 0 Å². The predicted octanol–water partition coefficient (Wildman–Crippen LogP) is -1.46. The number of fused-ring (bicyclic) bond motifs is 1. The Labute approximate surface area is 139 Å². The summed E-state index contributed by atoms with van der Waals surface area (Å²) in [5, 5.41) is 28.8. The van der Waals surface area contributed by atoms with Crippen LogP contribution in [0.1, 0.15) is 12.1 Å². The molecule has 0 spiro atoms. The fourth-order valence-electron chi connectivity index (χ4n) is 2.15. The number of ether oxygens (including phenoxy) is 1. The normalized spacial score (nSPS) is 29.6. The molecular formula is C11H13N4O4Y-. The Hall–Kier alpha value is -0.506. The first-order valence-corrected chi connectivity index (χ1v) is 5.83. The van der Waals surface area contributed by atoms with Crippen LogP contribution in [-0.2, 0) is 37.4 Å². The minimum atomic E-state index is -1.16. The molecule has 1 fully saturated rings. The van der Waals surface area contributed by atoms with Gasteiger partial charge in [-0.1, -0.05) is 6.92 Å². The quantitative estimate of drug-likeness (QED) is 0.565. The number of imidazole rings is 1. The van der Waals surface area contributed by atoms with Crippen molar-refractivity contribution in [2.24, 2.45) is 0 Å². The summed E-state index contributed by atoms with van der Waals surface area (Å²) >= 11 is 0. The van der Waals surface area contributed by atoms with E-state index in [1.165, 1.54) is 10.9 Å². The number of hydrogen-bond donors (Lipinski definition) is 3. The first-order chi connectivity index (χ1) is 9.11. The molecule has 4 atom stereocenters. The van der Waals surface area contributed by atoms with Gasteiger partial charge in [0.2, 0.25) is 0 Å². The van der Waals surface area contributed by atoms with Crippen molar-refractivity contribution >= 4 is 11.2 Å². The molecule has 1 radical (unpaired) electrons. The zero-order valence-corrected chi connectivity index (χ0v) is 13.5. The van der Waals surface area contributed by atoms with E-state index in [-0.39, 0.29) is 39.3 Å². The van der Waals surface area contributed by atoms with Crippen molar-refractivity contribution in [1.82, 2.24) is 19.5 Å². The number of nitrogens with zero attached hydrogens (tertiary/aromatic N) is 4. The van der Waals surface area contributed by atoms with Crippen molar-refractivity contribution in [3.63, 3.8) is 0 Å². The number of aliphatic hydroxyl groups excluding tert-OH is 3. The van der Waals surface area contributed by atoms with Gasteiger partial charge in [0.25, 0.3) is 0 Å². The third-order valence-corrected chi connectivity index (χ3v) is 3.15. The van der Waals surface area contributed by atoms with Gasteiger partial charge in [-0.05, 0) is 6.20 Å². The summed E-state index contributed by atoms with van der Waals surface area (Å²) in [5.74, 6) is 0.515. The maximum Gasteiger partial charge on any atom is 0.155 e. The largest absolute Gasteiger partial charge is 0.394 e. The molecule has 9 heteroatoms. The molecule has 1 unspecified atom stereocenters. The smallest absolute Gasteiger partial charge is 0.155 e. The average molecular weight is 354 g/mol. The van der Waals surface area contributed by atoms with Gasteiger partial charge in [-0.3, -0.25) is 4.98 Å². The molecule has 8 nitrogen and oxygen atoms in total. The maximum atomic E-state index is 9.97. The first-order valence-electron chi connectivity index (χ1n) is 5.83. The molecule has 2 aromatic heterocycles. The Morgan fingerprint density at radius 2 is 2.15 bits per heavy atom. The number of aliphatic hydroxyl groups is 3. The van der Waals surface area contributed by atoms with E-state index in [4.69, 9.17) is 9.84 Å². The second-order valence-corrected chi connectivity index (χ2v) is 4.44. The summed E-state index contributed by atoms with van der Waals surface area (Å²) in [6, 6.07) is 0. The van der Waals surface area contributed by atoms with E-state index in [0.717, 1.165) is 0 Å². The van der Waals surface area contributed by atoms with E-state index in [1.807, 2.05) is 0 Å². The molecule has 0 aliphatic carbocycles. The molecule has 3 rings (SSSR count). The molecule has 0 saturated carbocycles. The number of aromatic nitrogens is 4. The van der Waals surface area contributed by atoms with Gasteiger partial charge >= 0.3 is 0 Å². The minimum absolute atomic E-state index is 0. The molecule has 0 amide bonds. The Morgan fingerprint density at radius 3 is 2.80 bits per heavy atom. The summed E-state index contributed by atoms with van der Waals surface area (Å²) in [5.41, 5.74) is 0.908. The standard InChI is InChI=1S/C11H13N4O4.Y/c1-5-12-2-6-10(14-5)15(4-13-6)11-9(18)8(17)7(3-16)19-11;/h4,7-9,11,16-18H,3H2,1H3;/q-1;/t7-,8+,9?,11-;/m1./s1. The zero-order valence-electron chi connectivity index (χ0n) is 10.7. The van der Waals surface area contributed by atoms with Crippen molar-refractivity contribution in [3.8, 4) is 0 Å². The molecule has 0 aromatic carbocycles. The molecule has 1 aliphatic heterocycles. The van der Waals surface area contributed by atoms with E-state index in [2.05, 4.69) is 21.1 Å². The van der Waals surface area contributed by atoms with Crippen molar-refractivity contribution in [3.05, 3.63) is 18.3 Å². The summed E-state index contributed by atoms with van der Waals surface area (Å²) < 4.78 is 6.93. The van der Waals surface area contributed by atoms with Crippen molar-refractivity contribution in [2.75, 3.05) is 6.61 Å². The van der Waals surface area contributed by atoms with Gasteiger partial charge in [0, 0.05) is 44.1 Å². The molecule has 105 valence electrons. The molecule has 3 N–H and O–H groups in total. The third-order valence-electron chi connectivity index (χ3n) is 3.15. The summed E-state index contributed by atoms with van der Waals surface area (Å²) in [7, 11) is 0. The zero-order chi connectivity index (χ0) is 13.6. The van der Waals surface area contributed by atoms with Gasteiger partial charge in [0.1, 0.15) is 18.3 Å². The second kappa shape index (κ2) is 6.09. The number of hydrogen-bond acceptors (Lipinski definition) is 7. The van der Waals surface area contributed by atoms with Gasteiger partial charge in [0.05, 0.1) is 18.6 Å². The van der Waals surface area contributed by atoms with Crippen LogP contribution in [-0.4, -0.2) is 59.8 Å². The Kier molecular flexibility index (Phi) is 4.83. The number of rotatable bonds is 2. The first kappa shape index (κ1) is 15.9. The molecule has 1 saturated heterocycles. The van der Waals surface area contributed by atoms with Crippen molar-refractivity contribution in [2.45, 2.75) is 31.5 Å². The number of aryl methyl sites for hydroxylation is 1. The molecular weight excluding hydrogens is 341 g/mol. The SMILES string of the molecule is Cc1n[c-]c2ncn([C@@H]3O[C@H](CO)[C@H](O)C3O)c2n1.[Y]. The van der Waals surface area contributed by atoms with E-state index >= 15 is 0 Å². The monoisotopic (exact) mass is 354 g/mol.